The Bertz CT molecular complexity index is 878. The molecule has 3 aromatic rings. The van der Waals surface area contributed by atoms with Crippen LogP contribution in [0.15, 0.2) is 30.7 Å². The fraction of sp³-hybridized carbons (Fsp3) is 0.444. The number of imidazole rings is 1. The molecule has 0 unspecified atom stereocenters. The first-order valence-corrected chi connectivity index (χ1v) is 8.73. The molecule has 0 aromatic carbocycles. The van der Waals surface area contributed by atoms with Crippen LogP contribution < -0.4 is 0 Å². The lowest BCUT2D eigenvalue weighted by atomic mass is 10.0. The van der Waals surface area contributed by atoms with E-state index in [1.807, 2.05) is 28.8 Å². The predicted molar refractivity (Wildman–Crippen MR) is 93.4 cm³/mol. The summed E-state index contributed by atoms with van der Waals surface area (Å²) < 4.78 is 3.80. The second-order valence-corrected chi connectivity index (χ2v) is 6.71. The van der Waals surface area contributed by atoms with Gasteiger partial charge in [-0.05, 0) is 45.2 Å². The number of aryl methyl sites for hydroxylation is 2. The molecule has 130 valence electrons. The molecule has 4 heterocycles. The van der Waals surface area contributed by atoms with Crippen LogP contribution in [0, 0.1) is 13.8 Å². The van der Waals surface area contributed by atoms with E-state index in [4.69, 9.17) is 0 Å². The number of aromatic nitrogens is 5. The van der Waals surface area contributed by atoms with Gasteiger partial charge < -0.3 is 4.90 Å². The van der Waals surface area contributed by atoms with Crippen molar-refractivity contribution in [3.05, 3.63) is 47.8 Å². The SMILES string of the molecule is Cc1cc(C)n(C[C@@H]2CCCCN2C(=O)c2cn3cccnc3n2)n1. The molecule has 4 rings (SSSR count). The number of nitrogens with zero attached hydrogens (tertiary/aromatic N) is 6. The number of likely N-dealkylation sites (tertiary alicyclic amines) is 1. The molecule has 0 spiro atoms. The molecule has 0 saturated carbocycles. The normalized spacial score (nSPS) is 18.0. The highest BCUT2D eigenvalue weighted by Gasteiger charge is 2.29. The zero-order valence-corrected chi connectivity index (χ0v) is 14.6. The smallest absolute Gasteiger partial charge is 0.274 e. The van der Waals surface area contributed by atoms with Crippen LogP contribution >= 0.6 is 0 Å². The summed E-state index contributed by atoms with van der Waals surface area (Å²) in [4.78, 5) is 23.6. The number of carbonyl (C=O) groups is 1. The number of hydrogen-bond donors (Lipinski definition) is 0. The Morgan fingerprint density at radius 1 is 1.32 bits per heavy atom. The maximum Gasteiger partial charge on any atom is 0.274 e. The summed E-state index contributed by atoms with van der Waals surface area (Å²) in [5.74, 6) is 0.537. The number of fused-ring (bicyclic) bond motifs is 1. The van der Waals surface area contributed by atoms with Crippen molar-refractivity contribution in [1.82, 2.24) is 29.0 Å². The minimum Gasteiger partial charge on any atom is -0.332 e. The van der Waals surface area contributed by atoms with Gasteiger partial charge in [0.1, 0.15) is 5.69 Å². The van der Waals surface area contributed by atoms with Gasteiger partial charge in [-0.25, -0.2) is 9.97 Å². The van der Waals surface area contributed by atoms with Crippen LogP contribution in [0.25, 0.3) is 5.78 Å². The molecule has 1 aliphatic rings. The largest absolute Gasteiger partial charge is 0.332 e. The predicted octanol–water partition coefficient (Wildman–Crippen LogP) is 2.24. The quantitative estimate of drug-likeness (QED) is 0.734. The van der Waals surface area contributed by atoms with E-state index >= 15 is 0 Å². The number of hydrogen-bond acceptors (Lipinski definition) is 4. The zero-order valence-electron chi connectivity index (χ0n) is 14.6. The fourth-order valence-corrected chi connectivity index (χ4v) is 3.60. The molecule has 0 N–H and O–H groups in total. The topological polar surface area (TPSA) is 68.3 Å². The highest BCUT2D eigenvalue weighted by Crippen LogP contribution is 2.21. The molecule has 1 fully saturated rings. The van der Waals surface area contributed by atoms with Crippen molar-refractivity contribution in [3.63, 3.8) is 0 Å². The first kappa shape index (κ1) is 15.8. The van der Waals surface area contributed by atoms with Gasteiger partial charge in [0, 0.05) is 30.8 Å². The summed E-state index contributed by atoms with van der Waals surface area (Å²) in [6.45, 7) is 5.56. The molecule has 1 aliphatic heterocycles. The second kappa shape index (κ2) is 6.31. The minimum atomic E-state index is -0.0169. The molecule has 7 heteroatoms. The van der Waals surface area contributed by atoms with Crippen molar-refractivity contribution in [1.29, 1.82) is 0 Å². The first-order chi connectivity index (χ1) is 12.1. The summed E-state index contributed by atoms with van der Waals surface area (Å²) in [7, 11) is 0. The van der Waals surface area contributed by atoms with Crippen LogP contribution in [0.1, 0.15) is 41.1 Å². The molecule has 3 aromatic heterocycles. The van der Waals surface area contributed by atoms with E-state index < -0.39 is 0 Å². The average molecular weight is 338 g/mol. The van der Waals surface area contributed by atoms with Gasteiger partial charge in [-0.2, -0.15) is 5.10 Å². The van der Waals surface area contributed by atoms with Crippen LogP contribution in [0.3, 0.4) is 0 Å². The van der Waals surface area contributed by atoms with Gasteiger partial charge in [0.2, 0.25) is 5.78 Å². The standard InChI is InChI=1S/C18H22N6O/c1-13-10-14(2)24(21-13)11-15-6-3-4-9-23(15)17(25)16-12-22-8-5-7-19-18(22)20-16/h5,7-8,10,12,15H,3-4,6,9,11H2,1-2H3/t15-/m0/s1. The maximum atomic E-state index is 13.1. The Labute approximate surface area is 146 Å². The van der Waals surface area contributed by atoms with E-state index in [1.165, 1.54) is 0 Å². The lowest BCUT2D eigenvalue weighted by Gasteiger charge is -2.35. The molecule has 25 heavy (non-hydrogen) atoms. The van der Waals surface area contributed by atoms with Crippen molar-refractivity contribution in [3.8, 4) is 0 Å². The van der Waals surface area contributed by atoms with E-state index in [2.05, 4.69) is 28.1 Å². The van der Waals surface area contributed by atoms with Gasteiger partial charge in [0.25, 0.3) is 5.91 Å². The molecule has 1 amide bonds. The Morgan fingerprint density at radius 3 is 2.96 bits per heavy atom. The van der Waals surface area contributed by atoms with Gasteiger partial charge in [0.05, 0.1) is 18.3 Å². The van der Waals surface area contributed by atoms with Gasteiger partial charge in [-0.1, -0.05) is 0 Å². The monoisotopic (exact) mass is 338 g/mol. The minimum absolute atomic E-state index is 0.0169. The van der Waals surface area contributed by atoms with E-state index in [1.54, 1.807) is 16.8 Å². The number of amides is 1. The lowest BCUT2D eigenvalue weighted by molar-refractivity contribution is 0.0577. The van der Waals surface area contributed by atoms with E-state index in [0.29, 0.717) is 11.5 Å². The van der Waals surface area contributed by atoms with Crippen molar-refractivity contribution in [2.45, 2.75) is 45.7 Å². The van der Waals surface area contributed by atoms with Crippen LogP contribution in [0.4, 0.5) is 0 Å². The van der Waals surface area contributed by atoms with Crippen LogP contribution in [-0.2, 0) is 6.54 Å². The highest BCUT2D eigenvalue weighted by molar-refractivity contribution is 5.93. The van der Waals surface area contributed by atoms with E-state index in [9.17, 15) is 4.79 Å². The summed E-state index contributed by atoms with van der Waals surface area (Å²) in [5.41, 5.74) is 2.60. The van der Waals surface area contributed by atoms with Gasteiger partial charge in [0.15, 0.2) is 0 Å². The fourth-order valence-electron chi connectivity index (χ4n) is 3.60. The third-order valence-corrected chi connectivity index (χ3v) is 4.83. The van der Waals surface area contributed by atoms with E-state index in [0.717, 1.165) is 43.7 Å². The summed E-state index contributed by atoms with van der Waals surface area (Å²) in [5, 5.41) is 4.55. The third kappa shape index (κ3) is 3.01. The molecule has 7 nitrogen and oxygen atoms in total. The van der Waals surface area contributed by atoms with Crippen molar-refractivity contribution in [2.24, 2.45) is 0 Å². The molecular weight excluding hydrogens is 316 g/mol. The Hall–Kier alpha value is -2.70. The van der Waals surface area contributed by atoms with Gasteiger partial charge in [-0.15, -0.1) is 0 Å². The zero-order chi connectivity index (χ0) is 17.4. The maximum absolute atomic E-state index is 13.1. The Balaban J connectivity index is 1.59. The molecule has 0 radical (unpaired) electrons. The van der Waals surface area contributed by atoms with Crippen molar-refractivity contribution in [2.75, 3.05) is 6.54 Å². The van der Waals surface area contributed by atoms with Gasteiger partial charge >= 0.3 is 0 Å². The Morgan fingerprint density at radius 2 is 2.20 bits per heavy atom. The van der Waals surface area contributed by atoms with Crippen molar-refractivity contribution < 1.29 is 4.79 Å². The molecule has 1 atom stereocenters. The molecular formula is C18H22N6O. The van der Waals surface area contributed by atoms with E-state index in [-0.39, 0.29) is 11.9 Å². The van der Waals surface area contributed by atoms with Crippen LogP contribution in [0.5, 0.6) is 0 Å². The second-order valence-electron chi connectivity index (χ2n) is 6.71. The van der Waals surface area contributed by atoms with Crippen LogP contribution in [-0.4, -0.2) is 47.5 Å². The Kier molecular flexibility index (Phi) is 3.99. The summed E-state index contributed by atoms with van der Waals surface area (Å²) >= 11 is 0. The number of rotatable bonds is 3. The first-order valence-electron chi connectivity index (χ1n) is 8.73. The van der Waals surface area contributed by atoms with Gasteiger partial charge in [-0.3, -0.25) is 13.9 Å². The number of piperidine rings is 1. The summed E-state index contributed by atoms with van der Waals surface area (Å²) in [6.07, 6.45) is 8.47. The average Bonchev–Trinajstić information content (AvgIpc) is 3.17. The lowest BCUT2D eigenvalue weighted by Crippen LogP contribution is -2.46. The third-order valence-electron chi connectivity index (χ3n) is 4.83. The molecule has 0 bridgehead atoms. The van der Waals surface area contributed by atoms with Crippen molar-refractivity contribution >= 4 is 11.7 Å². The summed E-state index contributed by atoms with van der Waals surface area (Å²) in [6, 6.07) is 4.05. The number of carbonyl (C=O) groups excluding carboxylic acids is 1. The molecule has 0 aliphatic carbocycles. The van der Waals surface area contributed by atoms with Crippen LogP contribution in [0.2, 0.25) is 0 Å². The molecule has 1 saturated heterocycles. The highest BCUT2D eigenvalue weighted by atomic mass is 16.2.